The van der Waals surface area contributed by atoms with Gasteiger partial charge in [-0.15, -0.1) is 0 Å². The van der Waals surface area contributed by atoms with Gasteiger partial charge in [0.25, 0.3) is 0 Å². The molecule has 2 N–H and O–H groups in total. The van der Waals surface area contributed by atoms with Crippen molar-refractivity contribution in [1.29, 1.82) is 0 Å². The van der Waals surface area contributed by atoms with Gasteiger partial charge in [0.1, 0.15) is 5.54 Å². The lowest BCUT2D eigenvalue weighted by molar-refractivity contribution is -0.132. The maximum Gasteiger partial charge on any atom is 0.248 e. The van der Waals surface area contributed by atoms with Crippen LogP contribution in [0.25, 0.3) is 0 Å². The zero-order valence-corrected chi connectivity index (χ0v) is 11.4. The first-order chi connectivity index (χ1) is 9.22. The van der Waals surface area contributed by atoms with Crippen LogP contribution >= 0.6 is 0 Å². The van der Waals surface area contributed by atoms with Crippen LogP contribution in [0.3, 0.4) is 0 Å². The fourth-order valence-electron chi connectivity index (χ4n) is 2.98. The number of nitrogens with one attached hydrogen (secondary N) is 2. The molecule has 0 bridgehead atoms. The Balaban J connectivity index is 1.80. The fraction of sp³-hybridized carbons (Fsp3) is 0.714. The molecule has 5 nitrogen and oxygen atoms in total. The second-order valence-electron chi connectivity index (χ2n) is 5.83. The predicted octanol–water partition coefficient (Wildman–Crippen LogP) is 0.876. The lowest BCUT2D eigenvalue weighted by Gasteiger charge is -2.37. The van der Waals surface area contributed by atoms with Gasteiger partial charge in [0.15, 0.2) is 0 Å². The Kier molecular flexibility index (Phi) is 3.31. The van der Waals surface area contributed by atoms with E-state index in [1.165, 1.54) is 12.8 Å². The van der Waals surface area contributed by atoms with Crippen LogP contribution in [0.1, 0.15) is 32.6 Å². The summed E-state index contributed by atoms with van der Waals surface area (Å²) in [6, 6.07) is 2.18. The number of hydrogen-bond donors (Lipinski definition) is 2. The predicted molar refractivity (Wildman–Crippen MR) is 72.6 cm³/mol. The Labute approximate surface area is 113 Å². The van der Waals surface area contributed by atoms with Gasteiger partial charge in [0.2, 0.25) is 5.91 Å². The summed E-state index contributed by atoms with van der Waals surface area (Å²) in [6.45, 7) is 3.85. The maximum absolute atomic E-state index is 12.8. The van der Waals surface area contributed by atoms with Crippen molar-refractivity contribution in [1.82, 2.24) is 20.4 Å². The third-order valence-electron chi connectivity index (χ3n) is 4.48. The Morgan fingerprint density at radius 2 is 2.21 bits per heavy atom. The van der Waals surface area contributed by atoms with Gasteiger partial charge in [-0.1, -0.05) is 0 Å². The molecular weight excluding hydrogens is 240 g/mol. The molecule has 0 radical (unpaired) electrons. The number of nitrogens with zero attached hydrogens (tertiary/aromatic N) is 2. The van der Waals surface area contributed by atoms with Crippen LogP contribution in [0.15, 0.2) is 18.5 Å². The summed E-state index contributed by atoms with van der Waals surface area (Å²) in [6.07, 6.45) is 7.76. The highest BCUT2D eigenvalue weighted by Gasteiger charge is 2.43. The number of carbonyl (C=O) groups excluding carboxylic acids is 1. The van der Waals surface area contributed by atoms with Crippen molar-refractivity contribution in [3.8, 4) is 0 Å². The summed E-state index contributed by atoms with van der Waals surface area (Å²) in [5.74, 6) is 0.817. The van der Waals surface area contributed by atoms with Crippen LogP contribution in [0.4, 0.5) is 0 Å². The van der Waals surface area contributed by atoms with Gasteiger partial charge in [-0.25, -0.2) is 0 Å². The molecular formula is C14H22N4O. The summed E-state index contributed by atoms with van der Waals surface area (Å²) in [7, 11) is 0. The smallest absolute Gasteiger partial charge is 0.248 e. The summed E-state index contributed by atoms with van der Waals surface area (Å²) >= 11 is 0. The number of carbonyl (C=O) groups is 1. The summed E-state index contributed by atoms with van der Waals surface area (Å²) in [5, 5.41) is 10.9. The standard InChI is InChI=1S/C14H22N4O/c1-11(12-3-4-12)17-13(19)14(5-8-15-9-6-14)18-10-2-7-16-18/h2,7,10-12,15H,3-6,8-9H2,1H3,(H,17,19). The number of rotatable bonds is 4. The first-order valence-corrected chi connectivity index (χ1v) is 7.24. The van der Waals surface area contributed by atoms with Crippen molar-refractivity contribution >= 4 is 5.91 Å². The third-order valence-corrected chi connectivity index (χ3v) is 4.48. The minimum Gasteiger partial charge on any atom is -0.351 e. The van der Waals surface area contributed by atoms with Crippen LogP contribution in [0, 0.1) is 5.92 Å². The highest BCUT2D eigenvalue weighted by molar-refractivity contribution is 5.84. The van der Waals surface area contributed by atoms with E-state index in [0.29, 0.717) is 5.92 Å². The molecule has 1 aromatic heterocycles. The molecule has 1 amide bonds. The average molecular weight is 262 g/mol. The first kappa shape index (κ1) is 12.7. The van der Waals surface area contributed by atoms with Crippen molar-refractivity contribution in [2.45, 2.75) is 44.2 Å². The summed E-state index contributed by atoms with van der Waals surface area (Å²) in [4.78, 5) is 12.8. The zero-order valence-electron chi connectivity index (χ0n) is 11.4. The summed E-state index contributed by atoms with van der Waals surface area (Å²) in [5.41, 5.74) is -0.502. The summed E-state index contributed by atoms with van der Waals surface area (Å²) < 4.78 is 1.85. The van der Waals surface area contributed by atoms with Crippen LogP contribution < -0.4 is 10.6 Å². The Hall–Kier alpha value is -1.36. The number of amides is 1. The molecule has 1 unspecified atom stereocenters. The fourth-order valence-corrected chi connectivity index (χ4v) is 2.98. The molecule has 104 valence electrons. The minimum atomic E-state index is -0.502. The van der Waals surface area contributed by atoms with Gasteiger partial charge in [-0.05, 0) is 57.7 Å². The lowest BCUT2D eigenvalue weighted by Crippen LogP contribution is -2.56. The SMILES string of the molecule is CC(NC(=O)C1(n2cccn2)CCNCC1)C1CC1. The normalized spacial score (nSPS) is 23.8. The Morgan fingerprint density at radius 3 is 2.79 bits per heavy atom. The molecule has 0 spiro atoms. The molecule has 0 aromatic carbocycles. The van der Waals surface area contributed by atoms with E-state index in [4.69, 9.17) is 0 Å². The van der Waals surface area contributed by atoms with Gasteiger partial charge >= 0.3 is 0 Å². The molecule has 3 rings (SSSR count). The lowest BCUT2D eigenvalue weighted by atomic mass is 9.87. The monoisotopic (exact) mass is 262 g/mol. The average Bonchev–Trinajstić information content (AvgIpc) is 3.14. The molecule has 2 fully saturated rings. The topological polar surface area (TPSA) is 59.0 Å². The van der Waals surface area contributed by atoms with E-state index in [0.717, 1.165) is 25.9 Å². The van der Waals surface area contributed by atoms with Gasteiger partial charge in [-0.3, -0.25) is 9.48 Å². The second-order valence-corrected chi connectivity index (χ2v) is 5.83. The van der Waals surface area contributed by atoms with Gasteiger partial charge in [0, 0.05) is 18.4 Å². The molecule has 2 heterocycles. The molecule has 1 atom stereocenters. The second kappa shape index (κ2) is 4.96. The molecule has 1 aliphatic carbocycles. The Bertz CT molecular complexity index is 432. The van der Waals surface area contributed by atoms with Gasteiger partial charge in [-0.2, -0.15) is 5.10 Å². The minimum absolute atomic E-state index is 0.136. The van der Waals surface area contributed by atoms with E-state index in [9.17, 15) is 4.79 Å². The van der Waals surface area contributed by atoms with E-state index < -0.39 is 5.54 Å². The van der Waals surface area contributed by atoms with E-state index in [1.54, 1.807) is 6.20 Å². The first-order valence-electron chi connectivity index (χ1n) is 7.24. The van der Waals surface area contributed by atoms with Crippen LogP contribution in [0.5, 0.6) is 0 Å². The molecule has 5 heteroatoms. The van der Waals surface area contributed by atoms with E-state index in [1.807, 2.05) is 16.9 Å². The van der Waals surface area contributed by atoms with E-state index >= 15 is 0 Å². The molecule has 1 saturated heterocycles. The van der Waals surface area contributed by atoms with Crippen molar-refractivity contribution in [3.63, 3.8) is 0 Å². The number of piperidine rings is 1. The third kappa shape index (κ3) is 2.39. The maximum atomic E-state index is 12.8. The van der Waals surface area contributed by atoms with Crippen molar-refractivity contribution in [3.05, 3.63) is 18.5 Å². The van der Waals surface area contributed by atoms with Gasteiger partial charge in [0.05, 0.1) is 0 Å². The Morgan fingerprint density at radius 1 is 1.47 bits per heavy atom. The van der Waals surface area contributed by atoms with Crippen LogP contribution in [0.2, 0.25) is 0 Å². The quantitative estimate of drug-likeness (QED) is 0.847. The number of hydrogen-bond acceptors (Lipinski definition) is 3. The van der Waals surface area contributed by atoms with E-state index in [-0.39, 0.29) is 11.9 Å². The van der Waals surface area contributed by atoms with E-state index in [2.05, 4.69) is 22.7 Å². The van der Waals surface area contributed by atoms with Crippen LogP contribution in [-0.2, 0) is 10.3 Å². The zero-order chi connectivity index (χ0) is 13.3. The highest BCUT2D eigenvalue weighted by atomic mass is 16.2. The van der Waals surface area contributed by atoms with Gasteiger partial charge < -0.3 is 10.6 Å². The largest absolute Gasteiger partial charge is 0.351 e. The van der Waals surface area contributed by atoms with Crippen molar-refractivity contribution in [2.24, 2.45) is 5.92 Å². The van der Waals surface area contributed by atoms with Crippen molar-refractivity contribution < 1.29 is 4.79 Å². The van der Waals surface area contributed by atoms with Crippen molar-refractivity contribution in [2.75, 3.05) is 13.1 Å². The number of aromatic nitrogens is 2. The molecule has 19 heavy (non-hydrogen) atoms. The molecule has 1 aromatic rings. The van der Waals surface area contributed by atoms with Crippen LogP contribution in [-0.4, -0.2) is 34.8 Å². The molecule has 1 aliphatic heterocycles. The highest BCUT2D eigenvalue weighted by Crippen LogP contribution is 2.33. The molecule has 1 saturated carbocycles. The molecule has 2 aliphatic rings.